The first-order chi connectivity index (χ1) is 13.1. The fourth-order valence-corrected chi connectivity index (χ4v) is 4.21. The number of carbonyl (C=O) groups is 2. The minimum Gasteiger partial charge on any atom is -0.497 e. The number of hydrogen-bond acceptors (Lipinski definition) is 6. The van der Waals surface area contributed by atoms with Crippen LogP contribution < -0.4 is 4.74 Å². The minimum atomic E-state index is -0.485. The minimum absolute atomic E-state index is 0.0905. The van der Waals surface area contributed by atoms with Crippen LogP contribution in [0.25, 0.3) is 0 Å². The lowest BCUT2D eigenvalue weighted by atomic mass is 10.0. The second kappa shape index (κ2) is 7.48. The Kier molecular flexibility index (Phi) is 5.06. The van der Waals surface area contributed by atoms with E-state index in [0.717, 1.165) is 19.1 Å². The van der Waals surface area contributed by atoms with E-state index in [4.69, 9.17) is 14.2 Å². The normalized spacial score (nSPS) is 25.6. The number of rotatable bonds is 4. The van der Waals surface area contributed by atoms with Crippen LogP contribution in [-0.4, -0.2) is 80.8 Å². The van der Waals surface area contributed by atoms with Gasteiger partial charge in [0.2, 0.25) is 0 Å². The third kappa shape index (κ3) is 3.66. The van der Waals surface area contributed by atoms with Gasteiger partial charge in [-0.05, 0) is 37.0 Å². The van der Waals surface area contributed by atoms with E-state index in [2.05, 4.69) is 4.90 Å². The van der Waals surface area contributed by atoms with Gasteiger partial charge in [-0.3, -0.25) is 9.69 Å². The number of benzene rings is 1. The Labute approximate surface area is 159 Å². The molecule has 2 heterocycles. The van der Waals surface area contributed by atoms with E-state index in [-0.39, 0.29) is 11.9 Å². The molecule has 7 nitrogen and oxygen atoms in total. The maximum Gasteiger partial charge on any atom is 0.338 e. The first-order valence-corrected chi connectivity index (χ1v) is 9.51. The highest BCUT2D eigenvalue weighted by molar-refractivity contribution is 5.98. The summed E-state index contributed by atoms with van der Waals surface area (Å²) in [6, 6.07) is 5.57. The number of hydrogen-bond donors (Lipinski definition) is 0. The van der Waals surface area contributed by atoms with Crippen LogP contribution in [0.4, 0.5) is 0 Å². The van der Waals surface area contributed by atoms with Crippen molar-refractivity contribution < 1.29 is 23.8 Å². The Morgan fingerprint density at radius 1 is 1.07 bits per heavy atom. The third-order valence-electron chi connectivity index (χ3n) is 5.82. The SMILES string of the molecule is COC(=O)c1cc(OC)cc(C(=O)N2CCN3[C@@H](COC[C@@H]3C3CC3)C2)c1. The number of morpholine rings is 1. The van der Waals surface area contributed by atoms with Gasteiger partial charge in [0, 0.05) is 31.2 Å². The molecule has 0 spiro atoms. The highest BCUT2D eigenvalue weighted by Crippen LogP contribution is 2.38. The number of amides is 1. The molecule has 1 aromatic rings. The molecule has 27 heavy (non-hydrogen) atoms. The monoisotopic (exact) mass is 374 g/mol. The Hall–Kier alpha value is -2.12. The van der Waals surface area contributed by atoms with E-state index in [1.54, 1.807) is 18.2 Å². The summed E-state index contributed by atoms with van der Waals surface area (Å²) >= 11 is 0. The summed E-state index contributed by atoms with van der Waals surface area (Å²) < 4.78 is 15.9. The molecule has 1 saturated carbocycles. The lowest BCUT2D eigenvalue weighted by Gasteiger charge is -2.48. The van der Waals surface area contributed by atoms with Crippen molar-refractivity contribution in [3.8, 4) is 5.75 Å². The quantitative estimate of drug-likeness (QED) is 0.743. The molecule has 0 bridgehead atoms. The molecular weight excluding hydrogens is 348 g/mol. The number of nitrogens with zero attached hydrogens (tertiary/aromatic N) is 2. The average molecular weight is 374 g/mol. The molecule has 2 atom stereocenters. The summed E-state index contributed by atoms with van der Waals surface area (Å²) in [7, 11) is 2.84. The predicted octanol–water partition coefficient (Wildman–Crippen LogP) is 1.42. The number of ether oxygens (including phenoxy) is 3. The van der Waals surface area contributed by atoms with E-state index < -0.39 is 5.97 Å². The van der Waals surface area contributed by atoms with Crippen molar-refractivity contribution in [2.75, 3.05) is 47.1 Å². The van der Waals surface area contributed by atoms with E-state index >= 15 is 0 Å². The molecule has 1 aromatic carbocycles. The predicted molar refractivity (Wildman–Crippen MR) is 98.1 cm³/mol. The van der Waals surface area contributed by atoms with Crippen LogP contribution in [0.3, 0.4) is 0 Å². The third-order valence-corrected chi connectivity index (χ3v) is 5.82. The number of carbonyl (C=O) groups excluding carboxylic acids is 2. The molecule has 0 aromatic heterocycles. The lowest BCUT2D eigenvalue weighted by molar-refractivity contribution is -0.0816. The summed E-state index contributed by atoms with van der Waals surface area (Å²) in [6.07, 6.45) is 2.58. The van der Waals surface area contributed by atoms with Gasteiger partial charge in [0.1, 0.15) is 5.75 Å². The van der Waals surface area contributed by atoms with Gasteiger partial charge in [-0.1, -0.05) is 0 Å². The van der Waals surface area contributed by atoms with Crippen molar-refractivity contribution in [2.24, 2.45) is 5.92 Å². The summed E-state index contributed by atoms with van der Waals surface area (Å²) in [5, 5.41) is 0. The average Bonchev–Trinajstić information content (AvgIpc) is 3.56. The molecule has 2 aliphatic heterocycles. The Balaban J connectivity index is 1.51. The highest BCUT2D eigenvalue weighted by atomic mass is 16.5. The van der Waals surface area contributed by atoms with Crippen molar-refractivity contribution in [3.63, 3.8) is 0 Å². The van der Waals surface area contributed by atoms with E-state index in [1.807, 2.05) is 4.90 Å². The number of piperazine rings is 1. The maximum atomic E-state index is 13.1. The van der Waals surface area contributed by atoms with Crippen LogP contribution in [0.2, 0.25) is 0 Å². The fourth-order valence-electron chi connectivity index (χ4n) is 4.21. The van der Waals surface area contributed by atoms with Crippen molar-refractivity contribution >= 4 is 11.9 Å². The van der Waals surface area contributed by atoms with Crippen molar-refractivity contribution in [1.82, 2.24) is 9.80 Å². The van der Waals surface area contributed by atoms with Gasteiger partial charge in [0.25, 0.3) is 5.91 Å². The molecule has 0 unspecified atom stereocenters. The van der Waals surface area contributed by atoms with Crippen LogP contribution in [0, 0.1) is 5.92 Å². The van der Waals surface area contributed by atoms with Crippen LogP contribution in [0.15, 0.2) is 18.2 Å². The fraction of sp³-hybridized carbons (Fsp3) is 0.600. The topological polar surface area (TPSA) is 68.3 Å². The number of esters is 1. The van der Waals surface area contributed by atoms with E-state index in [0.29, 0.717) is 42.6 Å². The Bertz CT molecular complexity index is 733. The van der Waals surface area contributed by atoms with Crippen LogP contribution in [0.1, 0.15) is 33.6 Å². The second-order valence-electron chi connectivity index (χ2n) is 7.53. The van der Waals surface area contributed by atoms with Gasteiger partial charge in [0.15, 0.2) is 0 Å². The van der Waals surface area contributed by atoms with Gasteiger partial charge in [-0.25, -0.2) is 4.79 Å². The van der Waals surface area contributed by atoms with Gasteiger partial charge in [-0.15, -0.1) is 0 Å². The summed E-state index contributed by atoms with van der Waals surface area (Å²) in [4.78, 5) is 29.4. The van der Waals surface area contributed by atoms with Crippen molar-refractivity contribution in [3.05, 3.63) is 29.3 Å². The van der Waals surface area contributed by atoms with E-state index in [1.165, 1.54) is 27.1 Å². The summed E-state index contributed by atoms with van der Waals surface area (Å²) in [6.45, 7) is 3.68. The molecule has 0 radical (unpaired) electrons. The van der Waals surface area contributed by atoms with Gasteiger partial charge in [-0.2, -0.15) is 0 Å². The molecule has 3 aliphatic rings. The highest BCUT2D eigenvalue weighted by Gasteiger charge is 2.43. The van der Waals surface area contributed by atoms with Crippen LogP contribution in [-0.2, 0) is 9.47 Å². The molecule has 2 saturated heterocycles. The Morgan fingerprint density at radius 3 is 2.56 bits per heavy atom. The molecule has 7 heteroatoms. The number of fused-ring (bicyclic) bond motifs is 1. The van der Waals surface area contributed by atoms with E-state index in [9.17, 15) is 9.59 Å². The van der Waals surface area contributed by atoms with Crippen LogP contribution in [0.5, 0.6) is 5.75 Å². The molecule has 1 aliphatic carbocycles. The molecule has 4 rings (SSSR count). The first kappa shape index (κ1) is 18.3. The second-order valence-corrected chi connectivity index (χ2v) is 7.53. The van der Waals surface area contributed by atoms with Crippen molar-refractivity contribution in [1.29, 1.82) is 0 Å². The molecule has 146 valence electrons. The van der Waals surface area contributed by atoms with Gasteiger partial charge >= 0.3 is 5.97 Å². The van der Waals surface area contributed by atoms with Crippen LogP contribution >= 0.6 is 0 Å². The molecule has 3 fully saturated rings. The Morgan fingerprint density at radius 2 is 1.85 bits per heavy atom. The van der Waals surface area contributed by atoms with Gasteiger partial charge in [0.05, 0.1) is 39.0 Å². The van der Waals surface area contributed by atoms with Crippen molar-refractivity contribution in [2.45, 2.75) is 24.9 Å². The maximum absolute atomic E-state index is 13.1. The first-order valence-electron chi connectivity index (χ1n) is 9.51. The summed E-state index contributed by atoms with van der Waals surface area (Å²) in [5.74, 6) is 0.652. The largest absolute Gasteiger partial charge is 0.497 e. The molecule has 1 amide bonds. The summed E-state index contributed by atoms with van der Waals surface area (Å²) in [5.41, 5.74) is 0.757. The number of methoxy groups -OCH3 is 2. The van der Waals surface area contributed by atoms with Gasteiger partial charge < -0.3 is 19.1 Å². The standard InChI is InChI=1S/C20H26N2O5/c1-25-17-8-14(7-15(9-17)20(24)26-2)19(23)21-5-6-22-16(10-21)11-27-12-18(22)13-3-4-13/h7-9,13,16,18H,3-6,10-12H2,1-2H3/t16-,18-/m1/s1. The zero-order valence-corrected chi connectivity index (χ0v) is 15.8. The zero-order valence-electron chi connectivity index (χ0n) is 15.8. The lowest BCUT2D eigenvalue weighted by Crippen LogP contribution is -2.63. The zero-order chi connectivity index (χ0) is 19.0. The smallest absolute Gasteiger partial charge is 0.338 e. The molecule has 0 N–H and O–H groups in total. The molecular formula is C20H26N2O5.